The van der Waals surface area contributed by atoms with Crippen LogP contribution in [0.25, 0.3) is 5.57 Å². The Morgan fingerprint density at radius 3 is 2.32 bits per heavy atom. The predicted molar refractivity (Wildman–Crippen MR) is 123 cm³/mol. The molecule has 7 heteroatoms. The number of carbonyl (C=O) groups excluding carboxylic acids is 1. The molecule has 0 aliphatic carbocycles. The summed E-state index contributed by atoms with van der Waals surface area (Å²) in [7, 11) is 0. The lowest BCUT2D eigenvalue weighted by Gasteiger charge is -2.34. The lowest BCUT2D eigenvalue weighted by atomic mass is 9.84. The van der Waals surface area contributed by atoms with Gasteiger partial charge in [-0.15, -0.1) is 0 Å². The molecule has 0 saturated heterocycles. The molecule has 1 aromatic rings. The number of hydrogen-bond donors (Lipinski definition) is 0. The fourth-order valence-corrected chi connectivity index (χ4v) is 5.38. The van der Waals surface area contributed by atoms with E-state index in [1.165, 1.54) is 8.96 Å². The molecule has 0 atom stereocenters. The van der Waals surface area contributed by atoms with Gasteiger partial charge in [0.05, 0.1) is 6.61 Å². The number of nitrogens with zero attached hydrogens (tertiary/aromatic N) is 2. The molecule has 1 aromatic heterocycles. The third kappa shape index (κ3) is 3.42. The fraction of sp³-hybridized carbons (Fsp3) is 0.500. The Balaban J connectivity index is 2.17. The van der Waals surface area contributed by atoms with Crippen molar-refractivity contribution < 1.29 is 22.6 Å². The van der Waals surface area contributed by atoms with Gasteiger partial charge in [0.15, 0.2) is 5.70 Å². The standard InChI is InChI=1S/C24H33BF2N2O2/c1-9-19-15(5)22-21(12-11-13-31-24(30)14(3)4)23-16(6)20(10-2)18(8)29(23)25(26,27)28(22)17(19)7/h3,9-13H2,1-2,4-8H3. The van der Waals surface area contributed by atoms with Crippen molar-refractivity contribution in [2.24, 2.45) is 0 Å². The largest absolute Gasteiger partial charge is 0.737 e. The number of aromatic nitrogens is 1. The number of hydrogen-bond acceptors (Lipinski definition) is 2. The second-order valence-electron chi connectivity index (χ2n) is 8.61. The molecule has 31 heavy (non-hydrogen) atoms. The summed E-state index contributed by atoms with van der Waals surface area (Å²) >= 11 is 0. The summed E-state index contributed by atoms with van der Waals surface area (Å²) in [5, 5.41) is 0. The van der Waals surface area contributed by atoms with Crippen LogP contribution in [0.15, 0.2) is 29.0 Å². The topological polar surface area (TPSA) is 34.2 Å². The SMILES string of the molecule is C=C(C)C(=O)OCCCC1=C2C(C)=C(CC)C(C)=[N+]2[B-](F)(F)n2c(C)c(CC)c(C)c21. The summed E-state index contributed by atoms with van der Waals surface area (Å²) in [5.41, 5.74) is 7.66. The van der Waals surface area contributed by atoms with Gasteiger partial charge in [-0.25, -0.2) is 4.79 Å². The number of carbonyl (C=O) groups is 1. The molecule has 0 spiro atoms. The van der Waals surface area contributed by atoms with E-state index in [2.05, 4.69) is 6.58 Å². The Labute approximate surface area is 184 Å². The third-order valence-corrected chi connectivity index (χ3v) is 6.75. The van der Waals surface area contributed by atoms with E-state index in [0.717, 1.165) is 27.8 Å². The molecule has 0 bridgehead atoms. The summed E-state index contributed by atoms with van der Waals surface area (Å²) in [6.07, 6.45) is 2.53. The third-order valence-electron chi connectivity index (χ3n) is 6.75. The first-order valence-electron chi connectivity index (χ1n) is 11.1. The molecular formula is C24H33BF2N2O2. The summed E-state index contributed by atoms with van der Waals surface area (Å²) in [6, 6.07) is 0. The normalized spacial score (nSPS) is 17.3. The van der Waals surface area contributed by atoms with Crippen molar-refractivity contribution in [1.82, 2.24) is 4.48 Å². The van der Waals surface area contributed by atoms with Gasteiger partial charge >= 0.3 is 12.9 Å². The molecule has 3 heterocycles. The van der Waals surface area contributed by atoms with Gasteiger partial charge < -0.3 is 22.3 Å². The second-order valence-corrected chi connectivity index (χ2v) is 8.61. The average Bonchev–Trinajstić information content (AvgIpc) is 3.11. The van der Waals surface area contributed by atoms with Crippen LogP contribution >= 0.6 is 0 Å². The van der Waals surface area contributed by atoms with E-state index in [1.807, 2.05) is 27.7 Å². The van der Waals surface area contributed by atoms with Gasteiger partial charge in [-0.05, 0) is 70.2 Å². The Morgan fingerprint density at radius 1 is 1.13 bits per heavy atom. The molecule has 0 amide bonds. The molecular weight excluding hydrogens is 397 g/mol. The first-order chi connectivity index (χ1) is 14.5. The maximum Gasteiger partial charge on any atom is 0.737 e. The highest BCUT2D eigenvalue weighted by Gasteiger charge is 2.56. The van der Waals surface area contributed by atoms with Crippen LogP contribution in [0.4, 0.5) is 8.63 Å². The Bertz CT molecular complexity index is 1070. The zero-order valence-electron chi connectivity index (χ0n) is 19.8. The Hall–Kier alpha value is -2.44. The molecule has 0 saturated carbocycles. The van der Waals surface area contributed by atoms with Crippen molar-refractivity contribution in [1.29, 1.82) is 0 Å². The van der Waals surface area contributed by atoms with Gasteiger partial charge in [-0.3, -0.25) is 0 Å². The number of ether oxygens (including phenoxy) is 1. The highest BCUT2D eigenvalue weighted by Crippen LogP contribution is 2.46. The van der Waals surface area contributed by atoms with Crippen LogP contribution < -0.4 is 0 Å². The van der Waals surface area contributed by atoms with Crippen LogP contribution in [0.5, 0.6) is 0 Å². The van der Waals surface area contributed by atoms with Crippen molar-refractivity contribution in [3.8, 4) is 0 Å². The van der Waals surface area contributed by atoms with Crippen molar-refractivity contribution in [3.63, 3.8) is 0 Å². The zero-order valence-corrected chi connectivity index (χ0v) is 19.8. The van der Waals surface area contributed by atoms with Crippen molar-refractivity contribution in [2.75, 3.05) is 6.61 Å². The number of esters is 1. The number of allylic oxidation sites excluding steroid dienone is 3. The molecule has 168 valence electrons. The maximum absolute atomic E-state index is 16.0. The predicted octanol–water partition coefficient (Wildman–Crippen LogP) is 5.73. The minimum Gasteiger partial charge on any atom is -0.462 e. The minimum absolute atomic E-state index is 0.232. The summed E-state index contributed by atoms with van der Waals surface area (Å²) in [4.78, 5) is 11.7. The number of halogens is 2. The summed E-state index contributed by atoms with van der Waals surface area (Å²) in [5.74, 6) is -0.421. The van der Waals surface area contributed by atoms with Gasteiger partial charge in [0.1, 0.15) is 5.71 Å². The van der Waals surface area contributed by atoms with Gasteiger partial charge in [0.2, 0.25) is 0 Å². The first-order valence-corrected chi connectivity index (χ1v) is 11.1. The Morgan fingerprint density at radius 2 is 1.77 bits per heavy atom. The van der Waals surface area contributed by atoms with Gasteiger partial charge in [0.25, 0.3) is 0 Å². The molecule has 4 nitrogen and oxygen atoms in total. The number of rotatable bonds is 7. The van der Waals surface area contributed by atoms with Crippen molar-refractivity contribution >= 4 is 24.2 Å². The van der Waals surface area contributed by atoms with Crippen LogP contribution in [0.2, 0.25) is 0 Å². The first kappa shape index (κ1) is 23.2. The zero-order chi connectivity index (χ0) is 23.2. The lowest BCUT2D eigenvalue weighted by molar-refractivity contribution is -0.364. The molecule has 0 N–H and O–H groups in total. The molecule has 0 unspecified atom stereocenters. The number of fused-ring (bicyclic) bond motifs is 2. The van der Waals surface area contributed by atoms with E-state index in [0.29, 0.717) is 54.1 Å². The molecule has 2 aliphatic rings. The highest BCUT2D eigenvalue weighted by atomic mass is 19.2. The molecule has 0 aromatic carbocycles. The molecule has 0 fully saturated rings. The van der Waals surface area contributed by atoms with Crippen LogP contribution in [0.3, 0.4) is 0 Å². The van der Waals surface area contributed by atoms with E-state index in [9.17, 15) is 4.79 Å². The smallest absolute Gasteiger partial charge is 0.462 e. The molecule has 3 rings (SSSR count). The van der Waals surface area contributed by atoms with Crippen LogP contribution in [-0.4, -0.2) is 34.2 Å². The van der Waals surface area contributed by atoms with E-state index < -0.39 is 12.9 Å². The van der Waals surface area contributed by atoms with Crippen LogP contribution in [0.1, 0.15) is 76.4 Å². The second kappa shape index (κ2) is 8.25. The minimum atomic E-state index is -3.99. The monoisotopic (exact) mass is 430 g/mol. The van der Waals surface area contributed by atoms with Gasteiger partial charge in [-0.1, -0.05) is 20.4 Å². The van der Waals surface area contributed by atoms with E-state index >= 15 is 8.63 Å². The highest BCUT2D eigenvalue weighted by molar-refractivity contribution is 6.58. The maximum atomic E-state index is 16.0. The van der Waals surface area contributed by atoms with Crippen LogP contribution in [0, 0.1) is 13.8 Å². The molecule has 2 aliphatic heterocycles. The van der Waals surface area contributed by atoms with Crippen molar-refractivity contribution in [2.45, 2.75) is 74.1 Å². The fourth-order valence-electron chi connectivity index (χ4n) is 5.38. The van der Waals surface area contributed by atoms with E-state index in [4.69, 9.17) is 4.74 Å². The van der Waals surface area contributed by atoms with E-state index in [1.54, 1.807) is 20.8 Å². The Kier molecular flexibility index (Phi) is 6.18. The summed E-state index contributed by atoms with van der Waals surface area (Å²) in [6.45, 7) is 13.0. The molecule has 0 radical (unpaired) electrons. The van der Waals surface area contributed by atoms with Crippen LogP contribution in [-0.2, 0) is 16.0 Å². The van der Waals surface area contributed by atoms with Gasteiger partial charge in [-0.2, -0.15) is 0 Å². The van der Waals surface area contributed by atoms with Crippen molar-refractivity contribution in [3.05, 3.63) is 51.5 Å². The average molecular weight is 430 g/mol. The lowest BCUT2D eigenvalue weighted by Crippen LogP contribution is -2.51. The summed E-state index contributed by atoms with van der Waals surface area (Å²) < 4.78 is 39.9. The quantitative estimate of drug-likeness (QED) is 0.240. The van der Waals surface area contributed by atoms with Gasteiger partial charge in [0, 0.05) is 34.9 Å². The van der Waals surface area contributed by atoms with E-state index in [-0.39, 0.29) is 6.61 Å².